The molecule has 1 heterocycles. The van der Waals surface area contributed by atoms with Crippen molar-refractivity contribution in [3.63, 3.8) is 0 Å². The van der Waals surface area contributed by atoms with Crippen molar-refractivity contribution in [1.82, 2.24) is 4.90 Å². The first kappa shape index (κ1) is 18.6. The Hall–Kier alpha value is -0.770. The molecule has 1 aliphatic rings. The molecule has 1 aromatic carbocycles. The number of hydrogen-bond acceptors (Lipinski definition) is 3. The van der Waals surface area contributed by atoms with Gasteiger partial charge in [0.15, 0.2) is 0 Å². The van der Waals surface area contributed by atoms with Gasteiger partial charge in [-0.15, -0.1) is 0 Å². The summed E-state index contributed by atoms with van der Waals surface area (Å²) >= 11 is 6.14. The monoisotopic (exact) mass is 339 g/mol. The number of nitrogens with zero attached hydrogens (tertiary/aromatic N) is 1. The van der Waals surface area contributed by atoms with Crippen molar-refractivity contribution in [2.75, 3.05) is 26.2 Å². The third-order valence-electron chi connectivity index (χ3n) is 4.12. The lowest BCUT2D eigenvalue weighted by atomic mass is 9.86. The summed E-state index contributed by atoms with van der Waals surface area (Å²) in [5.41, 5.74) is 1.19. The molecule has 0 radical (unpaired) electrons. The van der Waals surface area contributed by atoms with Crippen LogP contribution in [0, 0.1) is 0 Å². The van der Waals surface area contributed by atoms with E-state index in [0.717, 1.165) is 43.4 Å². The Labute approximate surface area is 145 Å². The second-order valence-corrected chi connectivity index (χ2v) is 8.05. The summed E-state index contributed by atoms with van der Waals surface area (Å²) in [5, 5.41) is 0.763. The van der Waals surface area contributed by atoms with E-state index in [2.05, 4.69) is 39.5 Å². The van der Waals surface area contributed by atoms with Gasteiger partial charge >= 0.3 is 0 Å². The predicted octanol–water partition coefficient (Wildman–Crippen LogP) is 4.52. The van der Waals surface area contributed by atoms with E-state index in [4.69, 9.17) is 21.1 Å². The van der Waals surface area contributed by atoms with Crippen LogP contribution in [0.25, 0.3) is 0 Å². The van der Waals surface area contributed by atoms with E-state index in [9.17, 15) is 0 Å². The third-order valence-corrected chi connectivity index (χ3v) is 4.36. The van der Waals surface area contributed by atoms with Gasteiger partial charge in [-0.25, -0.2) is 0 Å². The molecule has 1 fully saturated rings. The molecule has 2 rings (SSSR count). The van der Waals surface area contributed by atoms with Crippen molar-refractivity contribution in [2.45, 2.75) is 58.7 Å². The van der Waals surface area contributed by atoms with E-state index in [1.165, 1.54) is 5.56 Å². The molecule has 4 heteroatoms. The molecule has 0 N–H and O–H groups in total. The topological polar surface area (TPSA) is 21.7 Å². The number of morpholine rings is 1. The molecular weight excluding hydrogens is 310 g/mol. The van der Waals surface area contributed by atoms with Crippen LogP contribution >= 0.6 is 11.6 Å². The molecule has 1 aromatic rings. The van der Waals surface area contributed by atoms with Gasteiger partial charge in [0.2, 0.25) is 0 Å². The number of ether oxygens (including phenoxy) is 2. The van der Waals surface area contributed by atoms with Crippen LogP contribution in [-0.2, 0) is 10.2 Å². The van der Waals surface area contributed by atoms with Gasteiger partial charge in [0, 0.05) is 30.2 Å². The smallest absolute Gasteiger partial charge is 0.123 e. The molecule has 0 aliphatic carbocycles. The van der Waals surface area contributed by atoms with Crippen LogP contribution in [0.2, 0.25) is 5.02 Å². The summed E-state index contributed by atoms with van der Waals surface area (Å²) in [5.74, 6) is 0.950. The Morgan fingerprint density at radius 3 is 2.48 bits per heavy atom. The van der Waals surface area contributed by atoms with E-state index >= 15 is 0 Å². The lowest BCUT2D eigenvalue weighted by Gasteiger charge is -2.35. The molecule has 0 amide bonds. The van der Waals surface area contributed by atoms with Crippen LogP contribution in [-0.4, -0.2) is 43.3 Å². The van der Waals surface area contributed by atoms with Crippen LogP contribution in [0.5, 0.6) is 5.75 Å². The Morgan fingerprint density at radius 1 is 1.22 bits per heavy atom. The van der Waals surface area contributed by atoms with Gasteiger partial charge in [-0.3, -0.25) is 4.90 Å². The zero-order chi connectivity index (χ0) is 17.0. The van der Waals surface area contributed by atoms with Crippen molar-refractivity contribution >= 4 is 11.6 Å². The summed E-state index contributed by atoms with van der Waals surface area (Å²) in [6, 6.07) is 5.90. The molecule has 0 spiro atoms. The fourth-order valence-electron chi connectivity index (χ4n) is 3.15. The quantitative estimate of drug-likeness (QED) is 0.736. The average Bonchev–Trinajstić information content (AvgIpc) is 2.42. The first-order valence-electron chi connectivity index (χ1n) is 8.56. The molecule has 130 valence electrons. The van der Waals surface area contributed by atoms with Gasteiger partial charge in [-0.1, -0.05) is 32.4 Å². The minimum Gasteiger partial charge on any atom is -0.493 e. The standard InChI is InChI=1S/C19H30ClNO2/c1-14-12-21(13-15(2)23-14)9-6-10-22-18-8-7-16(20)11-17(18)19(3,4)5/h7-8,11,14-15H,6,9-10,12-13H2,1-5H3/t14-,15-/m1/s1. The molecule has 1 aliphatic heterocycles. The lowest BCUT2D eigenvalue weighted by molar-refractivity contribution is -0.0686. The van der Waals surface area contributed by atoms with E-state index < -0.39 is 0 Å². The first-order chi connectivity index (χ1) is 10.8. The normalized spacial score (nSPS) is 23.0. The third kappa shape index (κ3) is 5.66. The molecule has 23 heavy (non-hydrogen) atoms. The second-order valence-electron chi connectivity index (χ2n) is 7.61. The molecule has 1 saturated heterocycles. The summed E-state index contributed by atoms with van der Waals surface area (Å²) in [7, 11) is 0. The summed E-state index contributed by atoms with van der Waals surface area (Å²) in [6.45, 7) is 14.6. The SMILES string of the molecule is C[C@@H]1CN(CCCOc2ccc(Cl)cc2C(C)(C)C)C[C@@H](C)O1. The highest BCUT2D eigenvalue weighted by atomic mass is 35.5. The number of hydrogen-bond donors (Lipinski definition) is 0. The number of halogens is 1. The van der Waals surface area contributed by atoms with Crippen LogP contribution in [0.15, 0.2) is 18.2 Å². The molecule has 0 bridgehead atoms. The van der Waals surface area contributed by atoms with Gasteiger partial charge in [0.1, 0.15) is 5.75 Å². The Morgan fingerprint density at radius 2 is 1.87 bits per heavy atom. The van der Waals surface area contributed by atoms with Crippen LogP contribution in [0.4, 0.5) is 0 Å². The number of benzene rings is 1. The maximum Gasteiger partial charge on any atom is 0.123 e. The Balaban J connectivity index is 1.85. The van der Waals surface area contributed by atoms with Gasteiger partial charge in [0.25, 0.3) is 0 Å². The molecule has 2 atom stereocenters. The summed E-state index contributed by atoms with van der Waals surface area (Å²) in [6.07, 6.45) is 1.66. The zero-order valence-corrected chi connectivity index (χ0v) is 15.8. The van der Waals surface area contributed by atoms with E-state index in [0.29, 0.717) is 12.2 Å². The largest absolute Gasteiger partial charge is 0.493 e. The van der Waals surface area contributed by atoms with Gasteiger partial charge in [0.05, 0.1) is 18.8 Å². The Kier molecular flexibility index (Phi) is 6.35. The van der Waals surface area contributed by atoms with Crippen LogP contribution in [0.1, 0.15) is 46.6 Å². The van der Waals surface area contributed by atoms with E-state index in [1.54, 1.807) is 0 Å². The van der Waals surface area contributed by atoms with E-state index in [1.807, 2.05) is 18.2 Å². The predicted molar refractivity (Wildman–Crippen MR) is 96.7 cm³/mol. The highest BCUT2D eigenvalue weighted by Crippen LogP contribution is 2.33. The van der Waals surface area contributed by atoms with Crippen LogP contribution in [0.3, 0.4) is 0 Å². The molecule has 0 saturated carbocycles. The second kappa shape index (κ2) is 7.87. The Bertz CT molecular complexity index is 503. The molecule has 3 nitrogen and oxygen atoms in total. The van der Waals surface area contributed by atoms with Gasteiger partial charge in [-0.2, -0.15) is 0 Å². The minimum absolute atomic E-state index is 0.0231. The summed E-state index contributed by atoms with van der Waals surface area (Å²) < 4.78 is 11.8. The van der Waals surface area contributed by atoms with Crippen molar-refractivity contribution in [1.29, 1.82) is 0 Å². The maximum atomic E-state index is 6.14. The highest BCUT2D eigenvalue weighted by molar-refractivity contribution is 6.30. The maximum absolute atomic E-state index is 6.14. The summed E-state index contributed by atoms with van der Waals surface area (Å²) in [4.78, 5) is 2.47. The molecular formula is C19H30ClNO2. The van der Waals surface area contributed by atoms with Crippen molar-refractivity contribution in [3.05, 3.63) is 28.8 Å². The van der Waals surface area contributed by atoms with E-state index in [-0.39, 0.29) is 5.41 Å². The zero-order valence-electron chi connectivity index (χ0n) is 15.1. The van der Waals surface area contributed by atoms with Gasteiger partial charge in [-0.05, 0) is 43.9 Å². The van der Waals surface area contributed by atoms with Crippen molar-refractivity contribution in [2.24, 2.45) is 0 Å². The number of rotatable bonds is 5. The van der Waals surface area contributed by atoms with Crippen molar-refractivity contribution < 1.29 is 9.47 Å². The van der Waals surface area contributed by atoms with Crippen molar-refractivity contribution in [3.8, 4) is 5.75 Å². The average molecular weight is 340 g/mol. The highest BCUT2D eigenvalue weighted by Gasteiger charge is 2.22. The van der Waals surface area contributed by atoms with Gasteiger partial charge < -0.3 is 9.47 Å². The molecule has 0 aromatic heterocycles. The lowest BCUT2D eigenvalue weighted by Crippen LogP contribution is -2.45. The minimum atomic E-state index is 0.0231. The fraction of sp³-hybridized carbons (Fsp3) is 0.684. The fourth-order valence-corrected chi connectivity index (χ4v) is 3.32. The van der Waals surface area contributed by atoms with Crippen LogP contribution < -0.4 is 4.74 Å². The first-order valence-corrected chi connectivity index (χ1v) is 8.94. The molecule has 0 unspecified atom stereocenters.